The number of hydrogen-bond acceptors (Lipinski definition) is 7. The van der Waals surface area contributed by atoms with Crippen LogP contribution >= 0.6 is 11.6 Å². The predicted molar refractivity (Wildman–Crippen MR) is 102 cm³/mol. The van der Waals surface area contributed by atoms with Gasteiger partial charge < -0.3 is 15.5 Å². The van der Waals surface area contributed by atoms with Crippen LogP contribution in [0.2, 0.25) is 5.02 Å². The van der Waals surface area contributed by atoms with E-state index in [1.807, 2.05) is 6.92 Å². The molecule has 0 aliphatic carbocycles. The van der Waals surface area contributed by atoms with Crippen molar-refractivity contribution in [1.29, 1.82) is 0 Å². The van der Waals surface area contributed by atoms with Gasteiger partial charge in [0.2, 0.25) is 5.91 Å². The van der Waals surface area contributed by atoms with Crippen LogP contribution < -0.4 is 27.6 Å². The molecule has 0 aliphatic rings. The highest BCUT2D eigenvalue weighted by molar-refractivity contribution is 6.32. The predicted octanol–water partition coefficient (Wildman–Crippen LogP) is 0.820. The first-order chi connectivity index (χ1) is 12.7. The third-order valence-corrected chi connectivity index (χ3v) is 4.46. The highest BCUT2D eigenvalue weighted by atomic mass is 35.5. The first-order valence-electron chi connectivity index (χ1n) is 7.85. The molecule has 0 atom stereocenters. The second-order valence-corrected chi connectivity index (χ2v) is 6.36. The van der Waals surface area contributed by atoms with Crippen molar-refractivity contribution >= 4 is 46.1 Å². The zero-order valence-corrected chi connectivity index (χ0v) is 15.5. The fourth-order valence-electron chi connectivity index (χ4n) is 2.47. The van der Waals surface area contributed by atoms with E-state index in [0.717, 1.165) is 14.7 Å². The average molecular weight is 393 g/mol. The molecule has 2 aromatic heterocycles. The highest BCUT2D eigenvalue weighted by Crippen LogP contribution is 2.25. The van der Waals surface area contributed by atoms with Gasteiger partial charge in [-0.05, 0) is 18.6 Å². The van der Waals surface area contributed by atoms with E-state index in [2.05, 4.69) is 15.6 Å². The van der Waals surface area contributed by atoms with Gasteiger partial charge in [0.25, 0.3) is 5.56 Å². The normalized spacial score (nSPS) is 11.0. The minimum absolute atomic E-state index is 0.000183. The summed E-state index contributed by atoms with van der Waals surface area (Å²) in [4.78, 5) is 40.2. The minimum Gasteiger partial charge on any atom is -0.423 e. The molecule has 0 aliphatic heterocycles. The lowest BCUT2D eigenvalue weighted by Gasteiger charge is -2.12. The Kier molecular flexibility index (Phi) is 4.66. The largest absolute Gasteiger partial charge is 0.423 e. The van der Waals surface area contributed by atoms with Gasteiger partial charge in [-0.3, -0.25) is 24.0 Å². The van der Waals surface area contributed by atoms with Gasteiger partial charge in [-0.15, -0.1) is 0 Å². The van der Waals surface area contributed by atoms with Gasteiger partial charge >= 0.3 is 11.7 Å². The lowest BCUT2D eigenvalue weighted by molar-refractivity contribution is -0.114. The summed E-state index contributed by atoms with van der Waals surface area (Å²) in [6.07, 6.45) is 0. The third-order valence-electron chi connectivity index (χ3n) is 4.05. The molecule has 1 amide bonds. The fraction of sp³-hybridized carbons (Fsp3) is 0.250. The topological polar surface area (TPSA) is 137 Å². The van der Waals surface area contributed by atoms with E-state index in [1.54, 1.807) is 12.1 Å². The van der Waals surface area contributed by atoms with E-state index < -0.39 is 17.2 Å². The number of benzene rings is 1. The second-order valence-electron chi connectivity index (χ2n) is 5.96. The number of carbonyl (C=O) groups excluding carboxylic acids is 1. The summed E-state index contributed by atoms with van der Waals surface area (Å²) in [6.45, 7) is 1.55. The fourth-order valence-corrected chi connectivity index (χ4v) is 2.62. The zero-order chi connectivity index (χ0) is 19.9. The summed E-state index contributed by atoms with van der Waals surface area (Å²) in [5, 5.41) is 5.65. The number of amides is 1. The molecule has 0 unspecified atom stereocenters. The number of carbonyl (C=O) groups is 1. The average Bonchev–Trinajstić information content (AvgIpc) is 2.99. The van der Waals surface area contributed by atoms with Gasteiger partial charge in [-0.25, -0.2) is 4.79 Å². The standard InChI is InChI=1S/C16H17ClN6O4/c1-7-4-9-10(5-8(7)17)27-15(20-9)21-11(24)6-19-12-13(18)22(2)16(26)23(3)14(12)25/h4-5,19H,6,18H2,1-3H3,(H,20,21,24). The van der Waals surface area contributed by atoms with Crippen molar-refractivity contribution in [2.45, 2.75) is 6.92 Å². The monoisotopic (exact) mass is 392 g/mol. The molecule has 3 rings (SSSR count). The van der Waals surface area contributed by atoms with E-state index in [4.69, 9.17) is 21.8 Å². The molecular formula is C16H17ClN6O4. The number of anilines is 3. The lowest BCUT2D eigenvalue weighted by Crippen LogP contribution is -2.40. The minimum atomic E-state index is -0.629. The summed E-state index contributed by atoms with van der Waals surface area (Å²) in [6, 6.07) is 3.35. The van der Waals surface area contributed by atoms with Gasteiger partial charge in [0, 0.05) is 25.2 Å². The van der Waals surface area contributed by atoms with Crippen LogP contribution in [0.3, 0.4) is 0 Å². The Morgan fingerprint density at radius 1 is 1.30 bits per heavy atom. The molecule has 1 aromatic carbocycles. The first kappa shape index (κ1) is 18.5. The van der Waals surface area contributed by atoms with Crippen LogP contribution in [0.4, 0.5) is 17.5 Å². The highest BCUT2D eigenvalue weighted by Gasteiger charge is 2.15. The van der Waals surface area contributed by atoms with Crippen molar-refractivity contribution < 1.29 is 9.21 Å². The Bertz CT molecular complexity index is 1140. The maximum absolute atomic E-state index is 12.1. The van der Waals surface area contributed by atoms with Crippen LogP contribution in [0.1, 0.15) is 5.56 Å². The Morgan fingerprint density at radius 2 is 2.00 bits per heavy atom. The van der Waals surface area contributed by atoms with Crippen LogP contribution in [0.25, 0.3) is 11.1 Å². The summed E-state index contributed by atoms with van der Waals surface area (Å²) in [5.74, 6) is -0.581. The Hall–Kier alpha value is -3.27. The molecule has 0 spiro atoms. The van der Waals surface area contributed by atoms with Crippen molar-refractivity contribution in [3.8, 4) is 0 Å². The number of fused-ring (bicyclic) bond motifs is 1. The van der Waals surface area contributed by atoms with Crippen LogP contribution in [0.15, 0.2) is 26.1 Å². The number of halogens is 1. The van der Waals surface area contributed by atoms with Gasteiger partial charge in [0.15, 0.2) is 5.58 Å². The summed E-state index contributed by atoms with van der Waals surface area (Å²) < 4.78 is 7.43. The van der Waals surface area contributed by atoms with E-state index in [9.17, 15) is 14.4 Å². The summed E-state index contributed by atoms with van der Waals surface area (Å²) in [7, 11) is 2.74. The number of rotatable bonds is 4. The second kappa shape index (κ2) is 6.80. The van der Waals surface area contributed by atoms with E-state index >= 15 is 0 Å². The molecule has 2 heterocycles. The van der Waals surface area contributed by atoms with Crippen LogP contribution in [0, 0.1) is 6.92 Å². The number of aryl methyl sites for hydroxylation is 1. The van der Waals surface area contributed by atoms with Crippen molar-refractivity contribution in [1.82, 2.24) is 14.1 Å². The van der Waals surface area contributed by atoms with E-state index in [-0.39, 0.29) is 24.1 Å². The number of nitrogen functional groups attached to an aromatic ring is 1. The Labute approximate surface area is 157 Å². The maximum atomic E-state index is 12.1. The van der Waals surface area contributed by atoms with Crippen molar-refractivity contribution in [2.24, 2.45) is 14.1 Å². The van der Waals surface area contributed by atoms with Crippen LogP contribution in [-0.2, 0) is 18.9 Å². The molecule has 3 aromatic rings. The first-order valence-corrected chi connectivity index (χ1v) is 8.22. The van der Waals surface area contributed by atoms with E-state index in [1.165, 1.54) is 14.1 Å². The molecule has 0 bridgehead atoms. The van der Waals surface area contributed by atoms with Crippen molar-refractivity contribution in [3.63, 3.8) is 0 Å². The van der Waals surface area contributed by atoms with Crippen LogP contribution in [0.5, 0.6) is 0 Å². The van der Waals surface area contributed by atoms with Crippen molar-refractivity contribution in [2.75, 3.05) is 22.9 Å². The number of hydrogen-bond donors (Lipinski definition) is 3. The molecular weight excluding hydrogens is 376 g/mol. The third kappa shape index (κ3) is 3.38. The molecule has 0 saturated heterocycles. The van der Waals surface area contributed by atoms with Gasteiger partial charge in [0.05, 0.1) is 6.54 Å². The van der Waals surface area contributed by atoms with Crippen molar-refractivity contribution in [3.05, 3.63) is 43.6 Å². The molecule has 142 valence electrons. The summed E-state index contributed by atoms with van der Waals surface area (Å²) in [5.41, 5.74) is 6.36. The van der Waals surface area contributed by atoms with Gasteiger partial charge in [-0.1, -0.05) is 11.6 Å². The Balaban J connectivity index is 1.76. The van der Waals surface area contributed by atoms with Gasteiger partial charge in [-0.2, -0.15) is 4.98 Å². The lowest BCUT2D eigenvalue weighted by atomic mass is 10.2. The van der Waals surface area contributed by atoms with Crippen LogP contribution in [-0.4, -0.2) is 26.6 Å². The molecule has 11 heteroatoms. The number of aromatic nitrogens is 3. The molecule has 4 N–H and O–H groups in total. The smallest absolute Gasteiger partial charge is 0.332 e. The molecule has 10 nitrogen and oxygen atoms in total. The molecule has 0 fully saturated rings. The molecule has 0 radical (unpaired) electrons. The Morgan fingerprint density at radius 3 is 2.70 bits per heavy atom. The SMILES string of the molecule is Cc1cc2nc(NC(=O)CNc3c(N)n(C)c(=O)n(C)c3=O)oc2cc1Cl. The number of oxazole rings is 1. The molecule has 27 heavy (non-hydrogen) atoms. The quantitative estimate of drug-likeness (QED) is 0.597. The molecule has 0 saturated carbocycles. The van der Waals surface area contributed by atoms with Gasteiger partial charge in [0.1, 0.15) is 17.0 Å². The maximum Gasteiger partial charge on any atom is 0.332 e. The zero-order valence-electron chi connectivity index (χ0n) is 14.8. The number of nitrogens with two attached hydrogens (primary N) is 1. The number of nitrogens with zero attached hydrogens (tertiary/aromatic N) is 3. The summed E-state index contributed by atoms with van der Waals surface area (Å²) >= 11 is 6.03. The van der Waals surface area contributed by atoms with E-state index in [0.29, 0.717) is 16.1 Å². The number of nitrogens with one attached hydrogen (secondary N) is 2.